The van der Waals surface area contributed by atoms with Crippen molar-refractivity contribution in [2.24, 2.45) is 0 Å². The quantitative estimate of drug-likeness (QED) is 0.477. The van der Waals surface area contributed by atoms with Crippen LogP contribution < -0.4 is 19.8 Å². The minimum absolute atomic E-state index is 0.0293. The summed E-state index contributed by atoms with van der Waals surface area (Å²) in [6.07, 6.45) is 0. The number of rotatable bonds is 4. The second-order valence-corrected chi connectivity index (χ2v) is 7.27. The fourth-order valence-corrected chi connectivity index (χ4v) is 4.07. The summed E-state index contributed by atoms with van der Waals surface area (Å²) in [6, 6.07) is 9.32. The number of halogens is 1. The molecule has 0 N–H and O–H groups in total. The number of aryl methyl sites for hydroxylation is 1. The highest BCUT2D eigenvalue weighted by Crippen LogP contribution is 2.46. The van der Waals surface area contributed by atoms with Gasteiger partial charge in [0.05, 0.1) is 25.2 Å². The van der Waals surface area contributed by atoms with Gasteiger partial charge >= 0.3 is 0 Å². The number of methoxy groups -OCH3 is 2. The molecule has 9 heteroatoms. The molecule has 1 atom stereocenters. The fourth-order valence-electron chi connectivity index (χ4n) is 4.07. The molecule has 32 heavy (non-hydrogen) atoms. The lowest BCUT2D eigenvalue weighted by atomic mass is 9.97. The van der Waals surface area contributed by atoms with Crippen molar-refractivity contribution >= 4 is 22.7 Å². The number of benzene rings is 2. The van der Waals surface area contributed by atoms with E-state index < -0.39 is 23.2 Å². The summed E-state index contributed by atoms with van der Waals surface area (Å²) in [5, 5.41) is 4.00. The van der Waals surface area contributed by atoms with E-state index in [1.165, 1.54) is 31.3 Å². The summed E-state index contributed by atoms with van der Waals surface area (Å²) in [5.41, 5.74) is 0.118. The van der Waals surface area contributed by atoms with Gasteiger partial charge in [-0.15, -0.1) is 0 Å². The normalized spacial score (nSPS) is 15.3. The van der Waals surface area contributed by atoms with Crippen molar-refractivity contribution in [3.05, 3.63) is 81.2 Å². The summed E-state index contributed by atoms with van der Waals surface area (Å²) in [4.78, 5) is 28.3. The van der Waals surface area contributed by atoms with Gasteiger partial charge in [-0.1, -0.05) is 17.3 Å². The SMILES string of the molecule is COc1cccc(C2c3c(oc4ccc(F)cc4c3=O)C(=O)N2c2cc(C)on2)c1OC. The fraction of sp³-hybridized carbons (Fsp3) is 0.174. The average molecular weight is 436 g/mol. The molecule has 1 aliphatic heterocycles. The van der Waals surface area contributed by atoms with Gasteiger partial charge in [0.15, 0.2) is 22.7 Å². The van der Waals surface area contributed by atoms with Gasteiger partial charge in [0.25, 0.3) is 5.91 Å². The van der Waals surface area contributed by atoms with Crippen LogP contribution in [0.1, 0.15) is 33.5 Å². The van der Waals surface area contributed by atoms with Crippen molar-refractivity contribution in [1.29, 1.82) is 0 Å². The topological polar surface area (TPSA) is 95.0 Å². The van der Waals surface area contributed by atoms with E-state index in [9.17, 15) is 14.0 Å². The van der Waals surface area contributed by atoms with Gasteiger partial charge in [-0.05, 0) is 31.2 Å². The molecule has 1 aliphatic rings. The zero-order valence-corrected chi connectivity index (χ0v) is 17.3. The van der Waals surface area contributed by atoms with Crippen LogP contribution in [0.3, 0.4) is 0 Å². The summed E-state index contributed by atoms with van der Waals surface area (Å²) in [6.45, 7) is 1.69. The van der Waals surface area contributed by atoms with Gasteiger partial charge in [0.2, 0.25) is 5.76 Å². The third-order valence-corrected chi connectivity index (χ3v) is 5.42. The van der Waals surface area contributed by atoms with Crippen LogP contribution >= 0.6 is 0 Å². The lowest BCUT2D eigenvalue weighted by Gasteiger charge is -2.24. The summed E-state index contributed by atoms with van der Waals surface area (Å²) < 4.78 is 35.9. The van der Waals surface area contributed by atoms with Crippen LogP contribution in [0.4, 0.5) is 10.2 Å². The van der Waals surface area contributed by atoms with E-state index in [1.54, 1.807) is 31.2 Å². The Balaban J connectivity index is 1.86. The number of para-hydroxylation sites is 1. The Morgan fingerprint density at radius 3 is 2.59 bits per heavy atom. The van der Waals surface area contributed by atoms with Gasteiger partial charge in [-0.2, -0.15) is 0 Å². The molecule has 0 aliphatic carbocycles. The molecule has 0 saturated carbocycles. The number of nitrogens with zero attached hydrogens (tertiary/aromatic N) is 2. The van der Waals surface area contributed by atoms with E-state index in [-0.39, 0.29) is 28.1 Å². The van der Waals surface area contributed by atoms with Crippen molar-refractivity contribution in [3.63, 3.8) is 0 Å². The number of hydrogen-bond acceptors (Lipinski definition) is 7. The third-order valence-electron chi connectivity index (χ3n) is 5.42. The highest BCUT2D eigenvalue weighted by molar-refractivity contribution is 6.10. The van der Waals surface area contributed by atoms with Crippen molar-refractivity contribution in [1.82, 2.24) is 5.16 Å². The molecular formula is C23H17FN2O6. The molecule has 0 fully saturated rings. The molecule has 2 aromatic heterocycles. The number of hydrogen-bond donors (Lipinski definition) is 0. The first-order valence-electron chi connectivity index (χ1n) is 9.68. The van der Waals surface area contributed by atoms with E-state index in [2.05, 4.69) is 5.16 Å². The van der Waals surface area contributed by atoms with E-state index in [1.807, 2.05) is 0 Å². The van der Waals surface area contributed by atoms with Crippen molar-refractivity contribution in [3.8, 4) is 11.5 Å². The molecule has 0 spiro atoms. The molecule has 1 amide bonds. The molecule has 0 bridgehead atoms. The minimum atomic E-state index is -0.962. The van der Waals surface area contributed by atoms with Crippen LogP contribution in [0.5, 0.6) is 11.5 Å². The van der Waals surface area contributed by atoms with Crippen molar-refractivity contribution in [2.75, 3.05) is 19.1 Å². The Morgan fingerprint density at radius 1 is 1.09 bits per heavy atom. The van der Waals surface area contributed by atoms with Crippen molar-refractivity contribution < 1.29 is 27.6 Å². The third kappa shape index (κ3) is 2.78. The number of aromatic nitrogens is 1. The van der Waals surface area contributed by atoms with E-state index >= 15 is 0 Å². The first-order chi connectivity index (χ1) is 15.4. The van der Waals surface area contributed by atoms with Crippen LogP contribution in [-0.4, -0.2) is 25.3 Å². The molecule has 3 heterocycles. The van der Waals surface area contributed by atoms with E-state index in [4.69, 9.17) is 18.4 Å². The van der Waals surface area contributed by atoms with Gasteiger partial charge in [-0.3, -0.25) is 14.5 Å². The molecule has 2 aromatic carbocycles. The van der Waals surface area contributed by atoms with Gasteiger partial charge in [-0.25, -0.2) is 4.39 Å². The number of carbonyl (C=O) groups excluding carboxylic acids is 1. The highest BCUT2D eigenvalue weighted by Gasteiger charge is 2.46. The predicted octanol–water partition coefficient (Wildman–Crippen LogP) is 4.00. The van der Waals surface area contributed by atoms with Gasteiger partial charge < -0.3 is 18.4 Å². The molecule has 4 aromatic rings. The first kappa shape index (κ1) is 19.8. The molecule has 1 unspecified atom stereocenters. The van der Waals surface area contributed by atoms with Gasteiger partial charge in [0.1, 0.15) is 23.2 Å². The Hall–Kier alpha value is -4.14. The number of anilines is 1. The zero-order chi connectivity index (χ0) is 22.6. The van der Waals surface area contributed by atoms with Crippen molar-refractivity contribution in [2.45, 2.75) is 13.0 Å². The second-order valence-electron chi connectivity index (χ2n) is 7.27. The highest BCUT2D eigenvalue weighted by atomic mass is 19.1. The molecule has 8 nitrogen and oxygen atoms in total. The Labute approximate surface area is 180 Å². The second kappa shape index (κ2) is 7.23. The molecule has 5 rings (SSSR count). The predicted molar refractivity (Wildman–Crippen MR) is 112 cm³/mol. The van der Waals surface area contributed by atoms with Gasteiger partial charge in [0, 0.05) is 11.6 Å². The smallest absolute Gasteiger partial charge is 0.296 e. The van der Waals surface area contributed by atoms with E-state index in [0.717, 1.165) is 6.07 Å². The lowest BCUT2D eigenvalue weighted by Crippen LogP contribution is -2.30. The molecule has 162 valence electrons. The van der Waals surface area contributed by atoms with E-state index in [0.29, 0.717) is 22.8 Å². The number of amides is 1. The lowest BCUT2D eigenvalue weighted by molar-refractivity contribution is 0.0969. The Bertz CT molecular complexity index is 1440. The first-order valence-corrected chi connectivity index (χ1v) is 9.68. The zero-order valence-electron chi connectivity index (χ0n) is 17.3. The van der Waals surface area contributed by atoms with Crippen LogP contribution in [0.25, 0.3) is 11.0 Å². The maximum Gasteiger partial charge on any atom is 0.296 e. The Morgan fingerprint density at radius 2 is 1.91 bits per heavy atom. The number of ether oxygens (including phenoxy) is 2. The minimum Gasteiger partial charge on any atom is -0.493 e. The standard InChI is InChI=1S/C23H17FN2O6/c1-11-9-17(25-32-11)26-19(13-5-4-6-16(29-2)21(13)30-3)18-20(27)14-10-12(24)7-8-15(14)31-22(18)23(26)28/h4-10,19H,1-3H3. The largest absolute Gasteiger partial charge is 0.493 e. The monoisotopic (exact) mass is 436 g/mol. The van der Waals surface area contributed by atoms with Crippen LogP contribution in [0.2, 0.25) is 0 Å². The Kier molecular flexibility index (Phi) is 4.47. The van der Waals surface area contributed by atoms with Crippen LogP contribution in [0, 0.1) is 12.7 Å². The maximum atomic E-state index is 13.9. The average Bonchev–Trinajstić information content (AvgIpc) is 3.34. The summed E-state index contributed by atoms with van der Waals surface area (Å²) >= 11 is 0. The molecule has 0 radical (unpaired) electrons. The molecular weight excluding hydrogens is 419 g/mol. The number of fused-ring (bicyclic) bond motifs is 2. The van der Waals surface area contributed by atoms with Crippen LogP contribution in [-0.2, 0) is 0 Å². The summed E-state index contributed by atoms with van der Waals surface area (Å²) in [5.74, 6) is 0.114. The van der Waals surface area contributed by atoms with Crippen LogP contribution in [0.15, 0.2) is 56.2 Å². The number of carbonyl (C=O) groups is 1. The maximum absolute atomic E-state index is 13.9. The molecule has 0 saturated heterocycles. The summed E-state index contributed by atoms with van der Waals surface area (Å²) in [7, 11) is 2.95.